The van der Waals surface area contributed by atoms with Crippen LogP contribution in [0.4, 0.5) is 0 Å². The molecule has 1 aliphatic heterocycles. The number of likely N-dealkylation sites (N-methyl/N-ethyl adjacent to an activating group) is 1. The van der Waals surface area contributed by atoms with E-state index in [0.29, 0.717) is 22.6 Å². The van der Waals surface area contributed by atoms with Gasteiger partial charge >= 0.3 is 0 Å². The number of fused-ring (bicyclic) bond motifs is 1. The van der Waals surface area contributed by atoms with Crippen molar-refractivity contribution in [3.63, 3.8) is 0 Å². The molecule has 0 saturated carbocycles. The quantitative estimate of drug-likeness (QED) is 0.625. The minimum atomic E-state index is -0.466. The zero-order valence-corrected chi connectivity index (χ0v) is 15.6. The summed E-state index contributed by atoms with van der Waals surface area (Å²) in [6.45, 7) is 0.203. The third kappa shape index (κ3) is 3.61. The molecule has 2 heterocycles. The Hall–Kier alpha value is -3.00. The zero-order valence-electron chi connectivity index (χ0n) is 14.8. The summed E-state index contributed by atoms with van der Waals surface area (Å²) in [5.41, 5.74) is 1.61. The van der Waals surface area contributed by atoms with Gasteiger partial charge < -0.3 is 18.8 Å². The molecular formula is C19H17N3O4S. The number of carbonyl (C=O) groups excluding carboxylic acids is 1. The lowest BCUT2D eigenvalue weighted by Gasteiger charge is -2.18. The Labute approximate surface area is 160 Å². The van der Waals surface area contributed by atoms with Crippen LogP contribution >= 0.6 is 11.8 Å². The summed E-state index contributed by atoms with van der Waals surface area (Å²) in [5.74, 6) is 1.65. The van der Waals surface area contributed by atoms with Crippen LogP contribution in [0.2, 0.25) is 0 Å². The lowest BCUT2D eigenvalue weighted by atomic mass is 10.1. The van der Waals surface area contributed by atoms with Crippen LogP contribution < -0.4 is 9.47 Å². The van der Waals surface area contributed by atoms with E-state index in [1.165, 1.54) is 11.8 Å². The molecule has 1 atom stereocenters. The molecule has 1 aliphatic rings. The van der Waals surface area contributed by atoms with E-state index in [1.54, 1.807) is 31.1 Å². The minimum absolute atomic E-state index is 0.0472. The summed E-state index contributed by atoms with van der Waals surface area (Å²) in [5, 5.41) is 8.06. The fraction of sp³-hybridized carbons (Fsp3) is 0.211. The first-order chi connectivity index (χ1) is 13.1. The van der Waals surface area contributed by atoms with Crippen molar-refractivity contribution in [1.82, 2.24) is 15.1 Å². The van der Waals surface area contributed by atoms with Crippen LogP contribution in [0, 0.1) is 0 Å². The number of hydrogen-bond donors (Lipinski definition) is 0. The maximum atomic E-state index is 12.6. The average molecular weight is 383 g/mol. The number of ether oxygens (including phenoxy) is 2. The number of amides is 1. The Morgan fingerprint density at radius 1 is 1.07 bits per heavy atom. The summed E-state index contributed by atoms with van der Waals surface area (Å²) >= 11 is 1.23. The van der Waals surface area contributed by atoms with Gasteiger partial charge in [-0.25, -0.2) is 0 Å². The van der Waals surface area contributed by atoms with Crippen molar-refractivity contribution in [3.8, 4) is 23.0 Å². The molecule has 8 heteroatoms. The van der Waals surface area contributed by atoms with Crippen molar-refractivity contribution in [2.75, 3.05) is 20.9 Å². The fourth-order valence-electron chi connectivity index (χ4n) is 2.63. The third-order valence-corrected chi connectivity index (χ3v) is 5.09. The van der Waals surface area contributed by atoms with Crippen LogP contribution in [0.1, 0.15) is 10.8 Å². The maximum absolute atomic E-state index is 12.6. The van der Waals surface area contributed by atoms with Gasteiger partial charge in [0.1, 0.15) is 5.25 Å². The van der Waals surface area contributed by atoms with Gasteiger partial charge in [0.25, 0.3) is 5.22 Å². The highest BCUT2D eigenvalue weighted by Crippen LogP contribution is 2.39. The Balaban J connectivity index is 1.59. The molecule has 1 amide bonds. The van der Waals surface area contributed by atoms with Gasteiger partial charge in [-0.1, -0.05) is 30.3 Å². The van der Waals surface area contributed by atoms with E-state index in [9.17, 15) is 4.79 Å². The van der Waals surface area contributed by atoms with Crippen molar-refractivity contribution in [3.05, 3.63) is 54.1 Å². The molecule has 0 N–H and O–H groups in total. The molecule has 0 radical (unpaired) electrons. The number of benzene rings is 2. The second kappa shape index (κ2) is 7.32. The molecule has 1 aromatic heterocycles. The van der Waals surface area contributed by atoms with Gasteiger partial charge in [0.15, 0.2) is 11.5 Å². The van der Waals surface area contributed by atoms with Crippen molar-refractivity contribution >= 4 is 17.7 Å². The van der Waals surface area contributed by atoms with Crippen LogP contribution in [0.5, 0.6) is 11.5 Å². The molecule has 27 heavy (non-hydrogen) atoms. The van der Waals surface area contributed by atoms with Gasteiger partial charge in [0.05, 0.1) is 0 Å². The standard InChI is InChI=1S/C19H17N3O4S/c1-22(2)18(23)16(12-6-4-3-5-7-12)27-19-21-20-17(26-19)13-8-9-14-15(10-13)25-11-24-14/h3-10,16H,11H2,1-2H3/t16-/m0/s1. The van der Waals surface area contributed by atoms with Crippen molar-refractivity contribution in [1.29, 1.82) is 0 Å². The van der Waals surface area contributed by atoms with E-state index in [4.69, 9.17) is 13.9 Å². The van der Waals surface area contributed by atoms with Gasteiger partial charge in [-0.15, -0.1) is 10.2 Å². The van der Waals surface area contributed by atoms with Crippen LogP contribution in [0.25, 0.3) is 11.5 Å². The average Bonchev–Trinajstić information content (AvgIpc) is 3.34. The molecule has 3 aromatic rings. The van der Waals surface area contributed by atoms with Gasteiger partial charge in [0.2, 0.25) is 18.6 Å². The van der Waals surface area contributed by atoms with E-state index in [0.717, 1.165) is 11.1 Å². The number of thioether (sulfide) groups is 1. The molecule has 0 fully saturated rings. The Kier molecular flexibility index (Phi) is 4.72. The van der Waals surface area contributed by atoms with Gasteiger partial charge in [-0.2, -0.15) is 0 Å². The minimum Gasteiger partial charge on any atom is -0.454 e. The third-order valence-electron chi connectivity index (χ3n) is 4.01. The zero-order chi connectivity index (χ0) is 18.8. The normalized spacial score (nSPS) is 13.4. The second-order valence-electron chi connectivity index (χ2n) is 6.08. The summed E-state index contributed by atoms with van der Waals surface area (Å²) in [6.07, 6.45) is 0. The largest absolute Gasteiger partial charge is 0.454 e. The molecule has 4 rings (SSSR count). The first kappa shape index (κ1) is 17.4. The lowest BCUT2D eigenvalue weighted by molar-refractivity contribution is -0.128. The highest BCUT2D eigenvalue weighted by molar-refractivity contribution is 8.00. The van der Waals surface area contributed by atoms with E-state index in [-0.39, 0.29) is 12.7 Å². The summed E-state index contributed by atoms with van der Waals surface area (Å²) in [7, 11) is 3.45. The molecule has 138 valence electrons. The molecule has 0 spiro atoms. The molecule has 2 aromatic carbocycles. The highest BCUT2D eigenvalue weighted by atomic mass is 32.2. The molecular weight excluding hydrogens is 366 g/mol. The van der Waals surface area contributed by atoms with E-state index in [2.05, 4.69) is 10.2 Å². The number of aromatic nitrogens is 2. The first-order valence-corrected chi connectivity index (χ1v) is 9.16. The monoisotopic (exact) mass is 383 g/mol. The maximum Gasteiger partial charge on any atom is 0.277 e. The number of hydrogen-bond acceptors (Lipinski definition) is 7. The second-order valence-corrected chi connectivity index (χ2v) is 7.14. The van der Waals surface area contributed by atoms with Gasteiger partial charge in [0, 0.05) is 19.7 Å². The van der Waals surface area contributed by atoms with E-state index < -0.39 is 5.25 Å². The Morgan fingerprint density at radius 3 is 2.63 bits per heavy atom. The number of rotatable bonds is 5. The molecule has 0 bridgehead atoms. The lowest BCUT2D eigenvalue weighted by Crippen LogP contribution is -2.26. The first-order valence-electron chi connectivity index (χ1n) is 8.28. The Bertz CT molecular complexity index is 959. The van der Waals surface area contributed by atoms with Crippen LogP contribution in [-0.4, -0.2) is 41.9 Å². The molecule has 7 nitrogen and oxygen atoms in total. The predicted molar refractivity (Wildman–Crippen MR) is 99.6 cm³/mol. The molecule has 0 unspecified atom stereocenters. The predicted octanol–water partition coefficient (Wildman–Crippen LogP) is 3.39. The number of carbonyl (C=O) groups is 1. The van der Waals surface area contributed by atoms with E-state index >= 15 is 0 Å². The SMILES string of the molecule is CN(C)C(=O)[C@@H](Sc1nnc(-c2ccc3c(c2)OCO3)o1)c1ccccc1. The van der Waals surface area contributed by atoms with Crippen molar-refractivity contribution in [2.24, 2.45) is 0 Å². The van der Waals surface area contributed by atoms with Crippen molar-refractivity contribution in [2.45, 2.75) is 10.5 Å². The van der Waals surface area contributed by atoms with Crippen LogP contribution in [-0.2, 0) is 4.79 Å². The Morgan fingerprint density at radius 2 is 1.85 bits per heavy atom. The number of nitrogens with zero attached hydrogens (tertiary/aromatic N) is 3. The van der Waals surface area contributed by atoms with Gasteiger partial charge in [-0.05, 0) is 35.5 Å². The summed E-state index contributed by atoms with van der Waals surface area (Å²) in [4.78, 5) is 14.2. The molecule has 0 saturated heterocycles. The highest BCUT2D eigenvalue weighted by Gasteiger charge is 2.26. The summed E-state index contributed by atoms with van der Waals surface area (Å²) in [6, 6.07) is 15.0. The van der Waals surface area contributed by atoms with Crippen molar-refractivity contribution < 1.29 is 18.7 Å². The fourth-order valence-corrected chi connectivity index (χ4v) is 3.65. The summed E-state index contributed by atoms with van der Waals surface area (Å²) < 4.78 is 16.5. The topological polar surface area (TPSA) is 77.7 Å². The smallest absolute Gasteiger partial charge is 0.277 e. The van der Waals surface area contributed by atoms with Crippen LogP contribution in [0.15, 0.2) is 58.2 Å². The molecule has 0 aliphatic carbocycles. The van der Waals surface area contributed by atoms with Crippen LogP contribution in [0.3, 0.4) is 0 Å². The van der Waals surface area contributed by atoms with E-state index in [1.807, 2.05) is 36.4 Å². The van der Waals surface area contributed by atoms with Gasteiger partial charge in [-0.3, -0.25) is 4.79 Å².